The normalized spacial score (nSPS) is 28.0. The molecular weight excluding hydrogens is 306 g/mol. The number of hydrogen-bond acceptors (Lipinski definition) is 4. The lowest BCUT2D eigenvalue weighted by atomic mass is 9.84. The van der Waals surface area contributed by atoms with Crippen LogP contribution in [0.5, 0.6) is 0 Å². The molecule has 24 heavy (non-hydrogen) atoms. The molecule has 4 atom stereocenters. The van der Waals surface area contributed by atoms with Gasteiger partial charge in [-0.15, -0.1) is 0 Å². The molecule has 2 aliphatic rings. The van der Waals surface area contributed by atoms with Crippen molar-refractivity contribution in [3.63, 3.8) is 0 Å². The Labute approximate surface area is 142 Å². The molecule has 0 saturated heterocycles. The second-order valence-corrected chi connectivity index (χ2v) is 7.11. The predicted octanol–water partition coefficient (Wildman–Crippen LogP) is 2.41. The van der Waals surface area contributed by atoms with Crippen LogP contribution in [-0.2, 0) is 11.2 Å². The summed E-state index contributed by atoms with van der Waals surface area (Å²) in [6, 6.07) is 6.71. The van der Waals surface area contributed by atoms with Gasteiger partial charge in [0, 0.05) is 24.7 Å². The van der Waals surface area contributed by atoms with Gasteiger partial charge in [0.2, 0.25) is 5.91 Å². The molecule has 6 nitrogen and oxygen atoms in total. The summed E-state index contributed by atoms with van der Waals surface area (Å²) in [5.74, 6) is 1.18. The van der Waals surface area contributed by atoms with Gasteiger partial charge >= 0.3 is 0 Å². The van der Waals surface area contributed by atoms with Gasteiger partial charge in [0.05, 0.1) is 10.8 Å². The number of non-ortho nitro benzene ring substituents is 1. The maximum atomic E-state index is 12.3. The number of nitro benzene ring substituents is 1. The van der Waals surface area contributed by atoms with Gasteiger partial charge in [0.15, 0.2) is 0 Å². The molecular formula is C18H25N3O3. The van der Waals surface area contributed by atoms with E-state index in [9.17, 15) is 14.9 Å². The molecule has 2 fully saturated rings. The van der Waals surface area contributed by atoms with Crippen LogP contribution in [0.15, 0.2) is 24.3 Å². The first kappa shape index (κ1) is 16.9. The predicted molar refractivity (Wildman–Crippen MR) is 91.3 cm³/mol. The van der Waals surface area contributed by atoms with Gasteiger partial charge in [-0.1, -0.05) is 12.1 Å². The van der Waals surface area contributed by atoms with Crippen LogP contribution in [0.4, 0.5) is 5.69 Å². The maximum Gasteiger partial charge on any atom is 0.269 e. The highest BCUT2D eigenvalue weighted by atomic mass is 16.6. The van der Waals surface area contributed by atoms with Crippen LogP contribution < -0.4 is 11.1 Å². The lowest BCUT2D eigenvalue weighted by Gasteiger charge is -2.27. The number of hydrogen-bond donors (Lipinski definition) is 2. The molecule has 2 bridgehead atoms. The Morgan fingerprint density at radius 3 is 2.54 bits per heavy atom. The Balaban J connectivity index is 1.35. The number of nitrogens with one attached hydrogen (secondary N) is 1. The monoisotopic (exact) mass is 331 g/mol. The van der Waals surface area contributed by atoms with Crippen molar-refractivity contribution in [3.05, 3.63) is 39.9 Å². The molecule has 0 aromatic heterocycles. The summed E-state index contributed by atoms with van der Waals surface area (Å²) < 4.78 is 0. The van der Waals surface area contributed by atoms with Crippen molar-refractivity contribution in [2.24, 2.45) is 23.5 Å². The van der Waals surface area contributed by atoms with E-state index in [-0.39, 0.29) is 28.5 Å². The Hall–Kier alpha value is -1.95. The summed E-state index contributed by atoms with van der Waals surface area (Å²) in [6.45, 7) is 0.673. The summed E-state index contributed by atoms with van der Waals surface area (Å²) in [5.41, 5.74) is 7.40. The van der Waals surface area contributed by atoms with Crippen molar-refractivity contribution in [2.45, 2.75) is 44.6 Å². The fourth-order valence-electron chi connectivity index (χ4n) is 4.29. The van der Waals surface area contributed by atoms with Crippen LogP contribution in [0.25, 0.3) is 0 Å². The van der Waals surface area contributed by atoms with E-state index < -0.39 is 0 Å². The minimum absolute atomic E-state index is 0.0124. The van der Waals surface area contributed by atoms with E-state index in [0.717, 1.165) is 37.7 Å². The fourth-order valence-corrected chi connectivity index (χ4v) is 4.29. The first-order valence-electron chi connectivity index (χ1n) is 8.83. The van der Waals surface area contributed by atoms with Gasteiger partial charge < -0.3 is 11.1 Å². The average molecular weight is 331 g/mol. The van der Waals surface area contributed by atoms with Crippen molar-refractivity contribution >= 4 is 11.6 Å². The number of carbonyl (C=O) groups excluding carboxylic acids is 1. The van der Waals surface area contributed by atoms with E-state index >= 15 is 0 Å². The zero-order valence-electron chi connectivity index (χ0n) is 13.8. The van der Waals surface area contributed by atoms with Crippen molar-refractivity contribution in [1.82, 2.24) is 5.32 Å². The Morgan fingerprint density at radius 1 is 1.21 bits per heavy atom. The third kappa shape index (κ3) is 3.59. The van der Waals surface area contributed by atoms with Gasteiger partial charge in [-0.05, 0) is 55.9 Å². The smallest absolute Gasteiger partial charge is 0.269 e. The lowest BCUT2D eigenvalue weighted by molar-refractivity contribution is -0.384. The maximum absolute atomic E-state index is 12.3. The number of benzene rings is 1. The van der Waals surface area contributed by atoms with Gasteiger partial charge in [-0.25, -0.2) is 0 Å². The fraction of sp³-hybridized carbons (Fsp3) is 0.611. The summed E-state index contributed by atoms with van der Waals surface area (Å²) >= 11 is 0. The summed E-state index contributed by atoms with van der Waals surface area (Å²) in [6.07, 6.45) is 6.17. The average Bonchev–Trinajstić information content (AvgIpc) is 3.16. The number of amides is 1. The third-order valence-corrected chi connectivity index (χ3v) is 5.62. The molecule has 0 radical (unpaired) electrons. The number of nitro groups is 1. The highest BCUT2D eigenvalue weighted by Crippen LogP contribution is 2.47. The van der Waals surface area contributed by atoms with E-state index in [1.54, 1.807) is 12.1 Å². The van der Waals surface area contributed by atoms with Crippen molar-refractivity contribution in [3.8, 4) is 0 Å². The number of nitrogens with two attached hydrogens (primary N) is 1. The minimum Gasteiger partial charge on any atom is -0.356 e. The number of carbonyl (C=O) groups is 1. The molecule has 1 aromatic rings. The van der Waals surface area contributed by atoms with Crippen LogP contribution in [0.2, 0.25) is 0 Å². The zero-order chi connectivity index (χ0) is 17.1. The molecule has 4 unspecified atom stereocenters. The summed E-state index contributed by atoms with van der Waals surface area (Å²) in [5, 5.41) is 13.7. The number of fused-ring (bicyclic) bond motifs is 2. The first-order chi connectivity index (χ1) is 11.6. The Kier molecular flexibility index (Phi) is 5.14. The molecule has 1 amide bonds. The van der Waals surface area contributed by atoms with Gasteiger partial charge in [0.25, 0.3) is 5.69 Å². The van der Waals surface area contributed by atoms with Gasteiger partial charge in [-0.2, -0.15) is 0 Å². The van der Waals surface area contributed by atoms with E-state index in [4.69, 9.17) is 5.73 Å². The molecule has 130 valence electrons. The van der Waals surface area contributed by atoms with Crippen molar-refractivity contribution < 1.29 is 9.72 Å². The molecule has 6 heteroatoms. The molecule has 0 spiro atoms. The molecule has 1 aromatic carbocycles. The van der Waals surface area contributed by atoms with Crippen LogP contribution in [0.1, 0.15) is 37.7 Å². The standard InChI is InChI=1S/C18H25N3O3/c19-17-14-7-6-13(11-14)16(17)18(22)20-10-2-1-3-12-4-8-15(9-5-12)21(23)24/h4-5,8-9,13-14,16-17H,1-3,6-7,10-11,19H2,(H,20,22). The molecule has 3 N–H and O–H groups in total. The largest absolute Gasteiger partial charge is 0.356 e. The third-order valence-electron chi connectivity index (χ3n) is 5.62. The number of unbranched alkanes of at least 4 members (excludes halogenated alkanes) is 1. The molecule has 2 saturated carbocycles. The second-order valence-electron chi connectivity index (χ2n) is 7.11. The van der Waals surface area contributed by atoms with Crippen LogP contribution >= 0.6 is 0 Å². The van der Waals surface area contributed by atoms with E-state index in [2.05, 4.69) is 5.32 Å². The van der Waals surface area contributed by atoms with Gasteiger partial charge in [0.1, 0.15) is 0 Å². The molecule has 0 heterocycles. The highest BCUT2D eigenvalue weighted by Gasteiger charge is 2.48. The van der Waals surface area contributed by atoms with E-state index in [1.807, 2.05) is 0 Å². The van der Waals surface area contributed by atoms with Crippen LogP contribution in [0.3, 0.4) is 0 Å². The lowest BCUT2D eigenvalue weighted by Crippen LogP contribution is -2.45. The second kappa shape index (κ2) is 7.30. The zero-order valence-corrected chi connectivity index (χ0v) is 13.8. The van der Waals surface area contributed by atoms with Gasteiger partial charge in [-0.3, -0.25) is 14.9 Å². The number of aryl methyl sites for hydroxylation is 1. The summed E-state index contributed by atoms with van der Waals surface area (Å²) in [7, 11) is 0. The quantitative estimate of drug-likeness (QED) is 0.455. The first-order valence-corrected chi connectivity index (χ1v) is 8.83. The van der Waals surface area contributed by atoms with Crippen molar-refractivity contribution in [2.75, 3.05) is 6.54 Å². The minimum atomic E-state index is -0.389. The summed E-state index contributed by atoms with van der Waals surface area (Å²) in [4.78, 5) is 22.5. The van der Waals surface area contributed by atoms with E-state index in [1.165, 1.54) is 18.6 Å². The number of rotatable bonds is 7. The molecule has 2 aliphatic carbocycles. The highest BCUT2D eigenvalue weighted by molar-refractivity contribution is 5.80. The number of nitrogens with zero attached hydrogens (tertiary/aromatic N) is 1. The SMILES string of the molecule is NC1C2CCC(C2)C1C(=O)NCCCCc1ccc([N+](=O)[O-])cc1. The Bertz CT molecular complexity index is 600. The molecule has 3 rings (SSSR count). The Morgan fingerprint density at radius 2 is 1.92 bits per heavy atom. The van der Waals surface area contributed by atoms with Crippen molar-refractivity contribution in [1.29, 1.82) is 0 Å². The molecule has 0 aliphatic heterocycles. The van der Waals surface area contributed by atoms with Crippen LogP contribution in [0, 0.1) is 27.9 Å². The van der Waals surface area contributed by atoms with Crippen LogP contribution in [-0.4, -0.2) is 23.4 Å². The van der Waals surface area contributed by atoms with E-state index in [0.29, 0.717) is 18.4 Å². The topological polar surface area (TPSA) is 98.3 Å².